The summed E-state index contributed by atoms with van der Waals surface area (Å²) in [6.07, 6.45) is 0.344. The molecule has 0 N–H and O–H groups in total. The Balaban J connectivity index is 2.38. The van der Waals surface area contributed by atoms with Crippen molar-refractivity contribution in [2.75, 3.05) is 5.75 Å². The van der Waals surface area contributed by atoms with Crippen LogP contribution < -0.4 is 0 Å². The van der Waals surface area contributed by atoms with Crippen molar-refractivity contribution in [2.45, 2.75) is 38.5 Å². The Kier molecular flexibility index (Phi) is 6.55. The summed E-state index contributed by atoms with van der Waals surface area (Å²) < 4.78 is 5.21. The van der Waals surface area contributed by atoms with Gasteiger partial charge in [-0.25, -0.2) is 0 Å². The van der Waals surface area contributed by atoms with Gasteiger partial charge in [0.15, 0.2) is 0 Å². The van der Waals surface area contributed by atoms with E-state index in [2.05, 4.69) is 5.18 Å². The number of nitrogens with zero attached hydrogens (tertiary/aromatic N) is 1. The molecule has 0 aromatic heterocycles. The fourth-order valence-corrected chi connectivity index (χ4v) is 2.46. The molecule has 1 aromatic carbocycles. The van der Waals surface area contributed by atoms with Gasteiger partial charge in [-0.1, -0.05) is 12.1 Å². The van der Waals surface area contributed by atoms with E-state index < -0.39 is 11.5 Å². The molecule has 5 nitrogen and oxygen atoms in total. The predicted molar refractivity (Wildman–Crippen MR) is 83.2 cm³/mol. The molecule has 0 fully saturated rings. The van der Waals surface area contributed by atoms with Crippen molar-refractivity contribution in [1.82, 2.24) is 0 Å². The van der Waals surface area contributed by atoms with Gasteiger partial charge in [0, 0.05) is 22.2 Å². The van der Waals surface area contributed by atoms with Crippen molar-refractivity contribution in [3.8, 4) is 0 Å². The molecule has 1 amide bonds. The molecule has 0 aliphatic carbocycles. The van der Waals surface area contributed by atoms with Crippen molar-refractivity contribution < 1.29 is 14.3 Å². The second-order valence-corrected chi connectivity index (χ2v) is 6.59. The average Bonchev–Trinajstić information content (AvgIpc) is 2.41. The summed E-state index contributed by atoms with van der Waals surface area (Å²) in [6.45, 7) is 5.50. The van der Waals surface area contributed by atoms with Crippen molar-refractivity contribution >= 4 is 23.6 Å². The molecular weight excluding hydrogens is 290 g/mol. The first-order valence-corrected chi connectivity index (χ1v) is 7.73. The van der Waals surface area contributed by atoms with Gasteiger partial charge >= 0.3 is 11.9 Å². The third-order valence-corrected chi connectivity index (χ3v) is 3.43. The van der Waals surface area contributed by atoms with E-state index in [1.165, 1.54) is 0 Å². The summed E-state index contributed by atoms with van der Waals surface area (Å²) in [5, 5.41) is 2.40. The fourth-order valence-electron chi connectivity index (χ4n) is 1.58. The van der Waals surface area contributed by atoms with E-state index in [4.69, 9.17) is 4.74 Å². The van der Waals surface area contributed by atoms with Gasteiger partial charge in [0.05, 0.1) is 6.42 Å². The first-order chi connectivity index (χ1) is 9.81. The second kappa shape index (κ2) is 7.93. The maximum atomic E-state index is 11.5. The largest absolute Gasteiger partial charge is 0.460 e. The van der Waals surface area contributed by atoms with E-state index in [9.17, 15) is 14.5 Å². The van der Waals surface area contributed by atoms with Crippen LogP contribution in [0.15, 0.2) is 29.4 Å². The zero-order chi connectivity index (χ0) is 15.9. The molecule has 114 valence electrons. The van der Waals surface area contributed by atoms with Gasteiger partial charge in [-0.15, -0.1) is 4.91 Å². The Morgan fingerprint density at radius 3 is 2.62 bits per heavy atom. The molecular formula is C15H19NO4S. The van der Waals surface area contributed by atoms with Crippen LogP contribution in [-0.2, 0) is 15.3 Å². The highest BCUT2D eigenvalue weighted by molar-refractivity contribution is 7.98. The van der Waals surface area contributed by atoms with E-state index in [1.807, 2.05) is 26.8 Å². The molecule has 0 aliphatic heterocycles. The Morgan fingerprint density at radius 2 is 2.00 bits per heavy atom. The molecule has 0 bridgehead atoms. The third kappa shape index (κ3) is 7.04. The van der Waals surface area contributed by atoms with Crippen LogP contribution >= 0.6 is 11.8 Å². The monoisotopic (exact) mass is 309 g/mol. The van der Waals surface area contributed by atoms with E-state index in [-0.39, 0.29) is 11.5 Å². The number of esters is 1. The van der Waals surface area contributed by atoms with Gasteiger partial charge in [-0.3, -0.25) is 9.59 Å². The summed E-state index contributed by atoms with van der Waals surface area (Å²) >= 11 is 1.57. The maximum absolute atomic E-state index is 11.5. The number of thioether (sulfide) groups is 1. The normalized spacial score (nSPS) is 11.0. The number of carbonyl (C=O) groups is 2. The van der Waals surface area contributed by atoms with Crippen LogP contribution in [0.25, 0.3) is 0 Å². The van der Waals surface area contributed by atoms with Crippen LogP contribution in [0.2, 0.25) is 0 Å². The lowest BCUT2D eigenvalue weighted by Crippen LogP contribution is -2.24. The SMILES string of the molecule is CC(C)(C)OC(=O)CCSCc1cccc(C(=O)N=O)c1. The Morgan fingerprint density at radius 1 is 1.29 bits per heavy atom. The van der Waals surface area contributed by atoms with Crippen LogP contribution in [-0.4, -0.2) is 23.2 Å². The number of benzene rings is 1. The standard InChI is InChI=1S/C15H19NO4S/c1-15(2,3)20-13(17)7-8-21-10-11-5-4-6-12(9-11)14(18)16-19/h4-6,9H,7-8,10H2,1-3H3. The number of hydrogen-bond donors (Lipinski definition) is 0. The van der Waals surface area contributed by atoms with Crippen molar-refractivity contribution in [3.63, 3.8) is 0 Å². The highest BCUT2D eigenvalue weighted by Crippen LogP contribution is 2.16. The van der Waals surface area contributed by atoms with Crippen LogP contribution in [0.3, 0.4) is 0 Å². The molecule has 1 aromatic rings. The molecule has 0 unspecified atom stereocenters. The smallest absolute Gasteiger partial charge is 0.316 e. The number of hydrogen-bond acceptors (Lipinski definition) is 5. The highest BCUT2D eigenvalue weighted by atomic mass is 32.2. The first kappa shape index (κ1) is 17.4. The van der Waals surface area contributed by atoms with Crippen LogP contribution in [0, 0.1) is 4.91 Å². The molecule has 0 saturated carbocycles. The lowest BCUT2D eigenvalue weighted by atomic mass is 10.1. The quantitative estimate of drug-likeness (QED) is 0.456. The average molecular weight is 309 g/mol. The Bertz CT molecular complexity index is 523. The second-order valence-electron chi connectivity index (χ2n) is 5.49. The summed E-state index contributed by atoms with van der Waals surface area (Å²) in [7, 11) is 0. The van der Waals surface area contributed by atoms with Gasteiger partial charge in [-0.05, 0) is 38.5 Å². The minimum absolute atomic E-state index is 0.218. The van der Waals surface area contributed by atoms with Crippen molar-refractivity contribution in [2.24, 2.45) is 5.18 Å². The van der Waals surface area contributed by atoms with Crippen LogP contribution in [0.5, 0.6) is 0 Å². The minimum atomic E-state index is -0.768. The van der Waals surface area contributed by atoms with Crippen LogP contribution in [0.1, 0.15) is 43.1 Å². The molecule has 0 spiro atoms. The molecule has 21 heavy (non-hydrogen) atoms. The maximum Gasteiger partial charge on any atom is 0.316 e. The number of carbonyl (C=O) groups excluding carboxylic acids is 2. The van der Waals surface area contributed by atoms with E-state index in [0.717, 1.165) is 5.56 Å². The summed E-state index contributed by atoms with van der Waals surface area (Å²) in [5.74, 6) is 0.307. The predicted octanol–water partition coefficient (Wildman–Crippen LogP) is 3.56. The van der Waals surface area contributed by atoms with Gasteiger partial charge in [0.1, 0.15) is 5.60 Å². The molecule has 0 saturated heterocycles. The van der Waals surface area contributed by atoms with Gasteiger partial charge in [0.2, 0.25) is 0 Å². The summed E-state index contributed by atoms with van der Waals surface area (Å²) in [5.41, 5.74) is 0.743. The number of rotatable bonds is 6. The Labute approximate surface area is 128 Å². The van der Waals surface area contributed by atoms with Gasteiger partial charge in [0.25, 0.3) is 0 Å². The topological polar surface area (TPSA) is 72.8 Å². The number of nitroso groups, excluding NO2 is 1. The number of ether oxygens (including phenoxy) is 1. The van der Waals surface area contributed by atoms with Gasteiger partial charge in [-0.2, -0.15) is 11.8 Å². The third-order valence-electron chi connectivity index (χ3n) is 2.40. The number of amides is 1. The fraction of sp³-hybridized carbons (Fsp3) is 0.467. The van der Waals surface area contributed by atoms with E-state index in [0.29, 0.717) is 17.9 Å². The van der Waals surface area contributed by atoms with E-state index in [1.54, 1.807) is 30.0 Å². The van der Waals surface area contributed by atoms with Crippen molar-refractivity contribution in [3.05, 3.63) is 40.3 Å². The molecule has 0 radical (unpaired) electrons. The zero-order valence-corrected chi connectivity index (χ0v) is 13.2. The lowest BCUT2D eigenvalue weighted by Gasteiger charge is -2.19. The Hall–Kier alpha value is -1.69. The van der Waals surface area contributed by atoms with Crippen LogP contribution in [0.4, 0.5) is 0 Å². The summed E-state index contributed by atoms with van der Waals surface area (Å²) in [6, 6.07) is 6.77. The minimum Gasteiger partial charge on any atom is -0.460 e. The summed E-state index contributed by atoms with van der Waals surface area (Å²) in [4.78, 5) is 32.9. The molecule has 6 heteroatoms. The molecule has 0 heterocycles. The molecule has 0 aliphatic rings. The molecule has 1 rings (SSSR count). The van der Waals surface area contributed by atoms with E-state index >= 15 is 0 Å². The van der Waals surface area contributed by atoms with Crippen molar-refractivity contribution in [1.29, 1.82) is 0 Å². The highest BCUT2D eigenvalue weighted by Gasteiger charge is 2.15. The first-order valence-electron chi connectivity index (χ1n) is 6.58. The molecule has 0 atom stereocenters. The zero-order valence-electron chi connectivity index (χ0n) is 12.4. The van der Waals surface area contributed by atoms with Gasteiger partial charge < -0.3 is 4.74 Å². The lowest BCUT2D eigenvalue weighted by molar-refractivity contribution is -0.154.